The molecule has 2 rings (SSSR count). The molecule has 0 unspecified atom stereocenters. The van der Waals surface area contributed by atoms with Crippen LogP contribution in [-0.2, 0) is 6.54 Å². The van der Waals surface area contributed by atoms with Crippen molar-refractivity contribution in [3.05, 3.63) is 44.1 Å². The van der Waals surface area contributed by atoms with Gasteiger partial charge < -0.3 is 4.90 Å². The van der Waals surface area contributed by atoms with Gasteiger partial charge in [-0.15, -0.1) is 11.3 Å². The maximum absolute atomic E-state index is 12.3. The molecule has 0 aliphatic rings. The molecule has 0 spiro atoms. The van der Waals surface area contributed by atoms with E-state index in [9.17, 15) is 4.79 Å². The van der Waals surface area contributed by atoms with E-state index in [0.717, 1.165) is 10.6 Å². The van der Waals surface area contributed by atoms with E-state index in [0.29, 0.717) is 11.6 Å². The van der Waals surface area contributed by atoms with Crippen LogP contribution in [0.4, 0.5) is 0 Å². The molecule has 0 aliphatic carbocycles. The minimum Gasteiger partial charge on any atom is -0.335 e. The smallest absolute Gasteiger partial charge is 0.274 e. The Kier molecular flexibility index (Phi) is 4.39. The zero-order valence-corrected chi connectivity index (χ0v) is 12.7. The molecule has 2 heterocycles. The third-order valence-corrected chi connectivity index (χ3v) is 4.02. The molecule has 0 aromatic carbocycles. The molecule has 0 saturated heterocycles. The first-order chi connectivity index (χ1) is 8.99. The molecular formula is C12H11Cl2N3OS. The van der Waals surface area contributed by atoms with Gasteiger partial charge in [0, 0.05) is 11.9 Å². The van der Waals surface area contributed by atoms with E-state index < -0.39 is 0 Å². The van der Waals surface area contributed by atoms with Gasteiger partial charge in [0.25, 0.3) is 5.91 Å². The number of hydrogen-bond donors (Lipinski definition) is 0. The summed E-state index contributed by atoms with van der Waals surface area (Å²) in [5.41, 5.74) is 2.85. The van der Waals surface area contributed by atoms with Crippen LogP contribution >= 0.6 is 34.5 Å². The summed E-state index contributed by atoms with van der Waals surface area (Å²) >= 11 is 13.3. The molecule has 0 atom stereocenters. The van der Waals surface area contributed by atoms with Gasteiger partial charge in [-0.25, -0.2) is 9.97 Å². The third kappa shape index (κ3) is 3.23. The molecule has 100 valence electrons. The van der Waals surface area contributed by atoms with Gasteiger partial charge in [-0.05, 0) is 19.1 Å². The molecule has 19 heavy (non-hydrogen) atoms. The van der Waals surface area contributed by atoms with Gasteiger partial charge in [-0.3, -0.25) is 4.79 Å². The summed E-state index contributed by atoms with van der Waals surface area (Å²) in [5, 5.41) is 0.539. The fourth-order valence-corrected chi connectivity index (χ4v) is 2.68. The van der Waals surface area contributed by atoms with Crippen molar-refractivity contribution < 1.29 is 4.79 Å². The van der Waals surface area contributed by atoms with Crippen molar-refractivity contribution >= 4 is 40.4 Å². The van der Waals surface area contributed by atoms with Gasteiger partial charge in [-0.2, -0.15) is 0 Å². The van der Waals surface area contributed by atoms with Gasteiger partial charge in [0.05, 0.1) is 22.8 Å². The highest BCUT2D eigenvalue weighted by Crippen LogP contribution is 2.20. The van der Waals surface area contributed by atoms with E-state index in [1.54, 1.807) is 29.6 Å². The van der Waals surface area contributed by atoms with Crippen LogP contribution in [0.1, 0.15) is 21.1 Å². The predicted molar refractivity (Wildman–Crippen MR) is 76.9 cm³/mol. The Morgan fingerprint density at radius 2 is 2.16 bits per heavy atom. The average Bonchev–Trinajstić information content (AvgIpc) is 2.77. The fraction of sp³-hybridized carbons (Fsp3) is 0.250. The molecule has 0 saturated carbocycles. The monoisotopic (exact) mass is 315 g/mol. The summed E-state index contributed by atoms with van der Waals surface area (Å²) in [6.45, 7) is 2.38. The van der Waals surface area contributed by atoms with Gasteiger partial charge >= 0.3 is 0 Å². The Bertz CT molecular complexity index is 615. The van der Waals surface area contributed by atoms with Crippen molar-refractivity contribution in [2.45, 2.75) is 13.5 Å². The summed E-state index contributed by atoms with van der Waals surface area (Å²) in [6.07, 6.45) is 0. The summed E-state index contributed by atoms with van der Waals surface area (Å²) in [4.78, 5) is 23.0. The Hall–Kier alpha value is -1.17. The van der Waals surface area contributed by atoms with Crippen LogP contribution in [0.25, 0.3) is 0 Å². The lowest BCUT2D eigenvalue weighted by atomic mass is 10.3. The molecule has 0 bridgehead atoms. The van der Waals surface area contributed by atoms with E-state index in [1.165, 1.54) is 11.3 Å². The summed E-state index contributed by atoms with van der Waals surface area (Å²) in [7, 11) is 1.69. The molecular weight excluding hydrogens is 305 g/mol. The number of rotatable bonds is 3. The number of thiazole rings is 1. The van der Waals surface area contributed by atoms with Crippen LogP contribution < -0.4 is 0 Å². The second-order valence-electron chi connectivity index (χ2n) is 3.99. The lowest BCUT2D eigenvalue weighted by Crippen LogP contribution is -2.27. The highest BCUT2D eigenvalue weighted by Gasteiger charge is 2.18. The first kappa shape index (κ1) is 14.2. The highest BCUT2D eigenvalue weighted by molar-refractivity contribution is 7.09. The molecule has 2 aromatic rings. The van der Waals surface area contributed by atoms with Crippen molar-refractivity contribution in [3.63, 3.8) is 0 Å². The Morgan fingerprint density at radius 3 is 2.79 bits per heavy atom. The van der Waals surface area contributed by atoms with Gasteiger partial charge in [0.1, 0.15) is 10.8 Å². The quantitative estimate of drug-likeness (QED) is 0.815. The predicted octanol–water partition coefficient (Wildman–Crippen LogP) is 3.43. The molecule has 0 N–H and O–H groups in total. The van der Waals surface area contributed by atoms with Gasteiger partial charge in [0.2, 0.25) is 0 Å². The van der Waals surface area contributed by atoms with E-state index in [-0.39, 0.29) is 16.8 Å². The molecule has 4 nitrogen and oxygen atoms in total. The van der Waals surface area contributed by atoms with Crippen LogP contribution in [-0.4, -0.2) is 27.8 Å². The number of pyridine rings is 1. The van der Waals surface area contributed by atoms with E-state index in [1.807, 2.05) is 6.92 Å². The maximum atomic E-state index is 12.3. The molecule has 7 heteroatoms. The van der Waals surface area contributed by atoms with Crippen LogP contribution in [0.2, 0.25) is 10.2 Å². The second kappa shape index (κ2) is 5.86. The molecule has 0 radical (unpaired) electrons. The van der Waals surface area contributed by atoms with Crippen LogP contribution in [0.3, 0.4) is 0 Å². The largest absolute Gasteiger partial charge is 0.335 e. The van der Waals surface area contributed by atoms with Crippen molar-refractivity contribution in [1.82, 2.24) is 14.9 Å². The average molecular weight is 316 g/mol. The van der Waals surface area contributed by atoms with Crippen molar-refractivity contribution in [3.8, 4) is 0 Å². The molecule has 2 aromatic heterocycles. The lowest BCUT2D eigenvalue weighted by Gasteiger charge is -2.16. The van der Waals surface area contributed by atoms with Crippen molar-refractivity contribution in [2.24, 2.45) is 0 Å². The van der Waals surface area contributed by atoms with E-state index in [4.69, 9.17) is 23.2 Å². The van der Waals surface area contributed by atoms with Crippen LogP contribution in [0, 0.1) is 6.92 Å². The maximum Gasteiger partial charge on any atom is 0.274 e. The number of hydrogen-bond acceptors (Lipinski definition) is 4. The number of aromatic nitrogens is 2. The third-order valence-electron chi connectivity index (χ3n) is 2.59. The molecule has 0 fully saturated rings. The summed E-state index contributed by atoms with van der Waals surface area (Å²) in [5.74, 6) is -0.264. The lowest BCUT2D eigenvalue weighted by molar-refractivity contribution is 0.0780. The number of carbonyl (C=O) groups excluding carboxylic acids is 1. The molecule has 1 amide bonds. The fourth-order valence-electron chi connectivity index (χ4n) is 1.51. The number of halogens is 2. The number of amides is 1. The second-order valence-corrected chi connectivity index (χ2v) is 5.72. The summed E-state index contributed by atoms with van der Waals surface area (Å²) < 4.78 is 0. The van der Waals surface area contributed by atoms with Crippen LogP contribution in [0.5, 0.6) is 0 Å². The van der Waals surface area contributed by atoms with Crippen molar-refractivity contribution in [2.75, 3.05) is 7.05 Å². The zero-order valence-electron chi connectivity index (χ0n) is 10.4. The van der Waals surface area contributed by atoms with Gasteiger partial charge in [0.15, 0.2) is 0 Å². The Morgan fingerprint density at radius 1 is 1.42 bits per heavy atom. The van der Waals surface area contributed by atoms with E-state index in [2.05, 4.69) is 9.97 Å². The Labute approximate surface area is 125 Å². The first-order valence-corrected chi connectivity index (χ1v) is 7.09. The normalized spacial score (nSPS) is 10.5. The summed E-state index contributed by atoms with van der Waals surface area (Å²) in [6, 6.07) is 3.11. The van der Waals surface area contributed by atoms with Crippen LogP contribution in [0.15, 0.2) is 17.6 Å². The van der Waals surface area contributed by atoms with Gasteiger partial charge in [-0.1, -0.05) is 23.2 Å². The first-order valence-electron chi connectivity index (χ1n) is 5.45. The minimum atomic E-state index is -0.264. The topological polar surface area (TPSA) is 46.1 Å². The highest BCUT2D eigenvalue weighted by atomic mass is 35.5. The standard InChI is InChI=1S/C12H11Cl2N3OS/c1-7-9(19-6-15-7)5-17(2)12(18)11-8(13)3-4-10(14)16-11/h3-4,6H,5H2,1-2H3. The van der Waals surface area contributed by atoms with E-state index >= 15 is 0 Å². The minimum absolute atomic E-state index is 0.166. The van der Waals surface area contributed by atoms with Crippen molar-refractivity contribution in [1.29, 1.82) is 0 Å². The SMILES string of the molecule is Cc1ncsc1CN(C)C(=O)c1nc(Cl)ccc1Cl. The Balaban J connectivity index is 2.19. The number of nitrogens with zero attached hydrogens (tertiary/aromatic N) is 3. The number of aryl methyl sites for hydroxylation is 1. The zero-order chi connectivity index (χ0) is 14.0. The molecule has 0 aliphatic heterocycles. The number of carbonyl (C=O) groups is 1.